The molecule has 138 valence electrons. The number of hydrogen-bond donors (Lipinski definition) is 3. The van der Waals surface area contributed by atoms with Crippen LogP contribution in [0.25, 0.3) is 0 Å². The number of carbonyl (C=O) groups excluding carboxylic acids is 2. The first kappa shape index (κ1) is 19.7. The summed E-state index contributed by atoms with van der Waals surface area (Å²) in [5.74, 6) is -1.45. The summed E-state index contributed by atoms with van der Waals surface area (Å²) >= 11 is 5.76. The average molecular weight is 398 g/mol. The molecule has 0 saturated heterocycles. The van der Waals surface area contributed by atoms with Crippen molar-refractivity contribution >= 4 is 44.9 Å². The molecule has 8 nitrogen and oxygen atoms in total. The molecule has 0 aliphatic heterocycles. The van der Waals surface area contributed by atoms with Crippen LogP contribution in [-0.4, -0.2) is 26.4 Å². The second kappa shape index (κ2) is 7.73. The van der Waals surface area contributed by atoms with E-state index in [0.717, 1.165) is 0 Å². The molecule has 0 heterocycles. The monoisotopic (exact) mass is 397 g/mol. The third kappa shape index (κ3) is 4.94. The van der Waals surface area contributed by atoms with E-state index in [1.807, 2.05) is 0 Å². The fourth-order valence-corrected chi connectivity index (χ4v) is 2.73. The van der Waals surface area contributed by atoms with Gasteiger partial charge < -0.3 is 15.8 Å². The Kier molecular flexibility index (Phi) is 5.86. The molecule has 0 saturated carbocycles. The van der Waals surface area contributed by atoms with Gasteiger partial charge in [-0.2, -0.15) is 0 Å². The number of esters is 1. The van der Waals surface area contributed by atoms with Crippen molar-refractivity contribution in [2.45, 2.75) is 17.9 Å². The molecule has 0 aromatic heterocycles. The standard InChI is InChI=1S/C16H16ClN3O5S/c1-9(25-16(22)13-6-5-10(17)7-14(13)18)15(21)20-11-3-2-4-12(8-11)26(19,23)24/h2-9H,18H2,1H3,(H,20,21)(H2,19,23,24)/t9-/m1/s1. The topological polar surface area (TPSA) is 142 Å². The molecule has 2 aromatic rings. The lowest BCUT2D eigenvalue weighted by atomic mass is 10.2. The number of anilines is 2. The van der Waals surface area contributed by atoms with E-state index in [1.165, 1.54) is 49.4 Å². The number of nitrogen functional groups attached to an aromatic ring is 1. The summed E-state index contributed by atoms with van der Waals surface area (Å²) < 4.78 is 27.7. The fraction of sp³-hybridized carbons (Fsp3) is 0.125. The first-order chi connectivity index (χ1) is 12.1. The Labute approximate surface area is 155 Å². The number of carbonyl (C=O) groups is 2. The molecule has 0 aliphatic rings. The summed E-state index contributed by atoms with van der Waals surface area (Å²) in [4.78, 5) is 24.1. The number of ether oxygens (including phenoxy) is 1. The van der Waals surface area contributed by atoms with Gasteiger partial charge in [0.1, 0.15) is 0 Å². The number of halogens is 1. The molecule has 1 amide bonds. The van der Waals surface area contributed by atoms with Crippen molar-refractivity contribution in [2.24, 2.45) is 5.14 Å². The first-order valence-electron chi connectivity index (χ1n) is 7.27. The highest BCUT2D eigenvalue weighted by atomic mass is 35.5. The number of primary sulfonamides is 1. The van der Waals surface area contributed by atoms with Crippen LogP contribution in [0.15, 0.2) is 47.4 Å². The summed E-state index contributed by atoms with van der Waals surface area (Å²) in [6.45, 7) is 1.36. The average Bonchev–Trinajstić information content (AvgIpc) is 2.54. The summed E-state index contributed by atoms with van der Waals surface area (Å²) in [5, 5.41) is 7.85. The molecule has 1 atom stereocenters. The lowest BCUT2D eigenvalue weighted by molar-refractivity contribution is -0.123. The Morgan fingerprint density at radius 1 is 1.19 bits per heavy atom. The van der Waals surface area contributed by atoms with Gasteiger partial charge >= 0.3 is 5.97 Å². The van der Waals surface area contributed by atoms with Crippen LogP contribution < -0.4 is 16.2 Å². The molecule has 2 aromatic carbocycles. The van der Waals surface area contributed by atoms with Crippen LogP contribution in [-0.2, 0) is 19.6 Å². The van der Waals surface area contributed by atoms with Crippen molar-refractivity contribution < 1.29 is 22.7 Å². The van der Waals surface area contributed by atoms with E-state index in [1.54, 1.807) is 0 Å². The summed E-state index contributed by atoms with van der Waals surface area (Å²) in [5.41, 5.74) is 6.09. The minimum absolute atomic E-state index is 0.0743. The Morgan fingerprint density at radius 2 is 1.88 bits per heavy atom. The van der Waals surface area contributed by atoms with Crippen molar-refractivity contribution in [2.75, 3.05) is 11.1 Å². The quantitative estimate of drug-likeness (QED) is 0.518. The zero-order valence-corrected chi connectivity index (χ0v) is 15.2. The van der Waals surface area contributed by atoms with Crippen LogP contribution in [0.1, 0.15) is 17.3 Å². The molecule has 10 heteroatoms. The lowest BCUT2D eigenvalue weighted by Crippen LogP contribution is -2.30. The van der Waals surface area contributed by atoms with Gasteiger partial charge in [-0.25, -0.2) is 18.4 Å². The SMILES string of the molecule is C[C@@H](OC(=O)c1ccc(Cl)cc1N)C(=O)Nc1cccc(S(N)(=O)=O)c1. The van der Waals surface area contributed by atoms with Crippen molar-refractivity contribution in [3.05, 3.63) is 53.1 Å². The van der Waals surface area contributed by atoms with Gasteiger partial charge in [0.15, 0.2) is 6.10 Å². The molecular weight excluding hydrogens is 382 g/mol. The van der Waals surface area contributed by atoms with E-state index >= 15 is 0 Å². The molecule has 5 N–H and O–H groups in total. The number of rotatable bonds is 5. The number of benzene rings is 2. The Balaban J connectivity index is 2.07. The number of sulfonamides is 1. The molecule has 0 bridgehead atoms. The number of nitrogens with one attached hydrogen (secondary N) is 1. The number of amides is 1. The highest BCUT2D eigenvalue weighted by molar-refractivity contribution is 7.89. The molecule has 2 rings (SSSR count). The molecule has 0 radical (unpaired) electrons. The fourth-order valence-electron chi connectivity index (χ4n) is 1.99. The third-order valence-electron chi connectivity index (χ3n) is 3.32. The van der Waals surface area contributed by atoms with Gasteiger partial charge in [0.25, 0.3) is 5.91 Å². The summed E-state index contributed by atoms with van der Waals surface area (Å²) in [7, 11) is -3.91. The smallest absolute Gasteiger partial charge is 0.341 e. The van der Waals surface area contributed by atoms with Gasteiger partial charge in [-0.1, -0.05) is 17.7 Å². The molecule has 0 fully saturated rings. The highest BCUT2D eigenvalue weighted by Crippen LogP contribution is 2.20. The van der Waals surface area contributed by atoms with E-state index in [2.05, 4.69) is 5.32 Å². The largest absolute Gasteiger partial charge is 0.449 e. The molecule has 26 heavy (non-hydrogen) atoms. The van der Waals surface area contributed by atoms with E-state index in [4.69, 9.17) is 27.2 Å². The second-order valence-corrected chi connectivity index (χ2v) is 7.34. The normalized spacial score (nSPS) is 12.3. The maximum Gasteiger partial charge on any atom is 0.341 e. The van der Waals surface area contributed by atoms with Gasteiger partial charge in [0.05, 0.1) is 10.5 Å². The number of hydrogen-bond acceptors (Lipinski definition) is 6. The maximum absolute atomic E-state index is 12.2. The van der Waals surface area contributed by atoms with Gasteiger partial charge in [-0.05, 0) is 43.3 Å². The predicted octanol–water partition coefficient (Wildman–Crippen LogP) is 1.75. The van der Waals surface area contributed by atoms with Crippen LogP contribution in [0.2, 0.25) is 5.02 Å². The van der Waals surface area contributed by atoms with E-state index in [0.29, 0.717) is 5.02 Å². The van der Waals surface area contributed by atoms with Gasteiger partial charge in [0, 0.05) is 16.4 Å². The maximum atomic E-state index is 12.2. The van der Waals surface area contributed by atoms with Gasteiger partial charge in [-0.15, -0.1) is 0 Å². The minimum Gasteiger partial charge on any atom is -0.449 e. The molecule has 0 unspecified atom stereocenters. The van der Waals surface area contributed by atoms with Gasteiger partial charge in [0.2, 0.25) is 10.0 Å². The van der Waals surface area contributed by atoms with Crippen molar-refractivity contribution in [3.63, 3.8) is 0 Å². The predicted molar refractivity (Wildman–Crippen MR) is 97.2 cm³/mol. The zero-order valence-electron chi connectivity index (χ0n) is 13.6. The lowest BCUT2D eigenvalue weighted by Gasteiger charge is -2.14. The van der Waals surface area contributed by atoms with Crippen LogP contribution in [0.5, 0.6) is 0 Å². The molecule has 0 aliphatic carbocycles. The van der Waals surface area contributed by atoms with Crippen molar-refractivity contribution in [3.8, 4) is 0 Å². The third-order valence-corrected chi connectivity index (χ3v) is 4.46. The second-order valence-electron chi connectivity index (χ2n) is 5.34. The molecule has 0 spiro atoms. The highest BCUT2D eigenvalue weighted by Gasteiger charge is 2.21. The first-order valence-corrected chi connectivity index (χ1v) is 9.20. The van der Waals surface area contributed by atoms with E-state index < -0.39 is 28.0 Å². The van der Waals surface area contributed by atoms with Crippen LogP contribution in [0, 0.1) is 0 Å². The Bertz CT molecular complexity index is 962. The number of nitrogens with two attached hydrogens (primary N) is 2. The zero-order chi connectivity index (χ0) is 19.5. The van der Waals surface area contributed by atoms with Crippen molar-refractivity contribution in [1.82, 2.24) is 0 Å². The van der Waals surface area contributed by atoms with Crippen LogP contribution in [0.3, 0.4) is 0 Å². The minimum atomic E-state index is -3.91. The van der Waals surface area contributed by atoms with Gasteiger partial charge in [-0.3, -0.25) is 4.79 Å². The van der Waals surface area contributed by atoms with E-state index in [9.17, 15) is 18.0 Å². The van der Waals surface area contributed by atoms with Crippen LogP contribution >= 0.6 is 11.6 Å². The van der Waals surface area contributed by atoms with Crippen LogP contribution in [0.4, 0.5) is 11.4 Å². The Morgan fingerprint density at radius 3 is 2.50 bits per heavy atom. The Hall–Kier alpha value is -2.62. The summed E-state index contributed by atoms with van der Waals surface area (Å²) in [6, 6.07) is 9.62. The van der Waals surface area contributed by atoms with E-state index in [-0.39, 0.29) is 21.8 Å². The summed E-state index contributed by atoms with van der Waals surface area (Å²) in [6.07, 6.45) is -1.16. The van der Waals surface area contributed by atoms with Crippen molar-refractivity contribution in [1.29, 1.82) is 0 Å². The molecular formula is C16H16ClN3O5S.